The lowest BCUT2D eigenvalue weighted by molar-refractivity contribution is 0.516. The molecule has 0 saturated carbocycles. The van der Waals surface area contributed by atoms with E-state index in [4.69, 9.17) is 4.74 Å². The van der Waals surface area contributed by atoms with Crippen LogP contribution in [0.5, 0.6) is 5.75 Å². The lowest BCUT2D eigenvalue weighted by atomic mass is 9.94. The van der Waals surface area contributed by atoms with Crippen molar-refractivity contribution in [2.75, 3.05) is 0 Å². The van der Waals surface area contributed by atoms with E-state index in [1.165, 1.54) is 0 Å². The summed E-state index contributed by atoms with van der Waals surface area (Å²) in [5, 5.41) is 0. The molecule has 0 unspecified atom stereocenters. The third-order valence-corrected chi connectivity index (χ3v) is 4.35. The maximum atomic E-state index is 6.45. The molecule has 0 amide bonds. The summed E-state index contributed by atoms with van der Waals surface area (Å²) >= 11 is 0. The van der Waals surface area contributed by atoms with Gasteiger partial charge in [-0.2, -0.15) is 0 Å². The van der Waals surface area contributed by atoms with Crippen LogP contribution >= 0.6 is 0 Å². The highest BCUT2D eigenvalue weighted by Gasteiger charge is 2.16. The highest BCUT2D eigenvalue weighted by atomic mass is 16.5. The van der Waals surface area contributed by atoms with E-state index in [0.717, 1.165) is 33.8 Å². The van der Waals surface area contributed by atoms with Gasteiger partial charge in [0.05, 0.1) is 0 Å². The van der Waals surface area contributed by atoms with Gasteiger partial charge in [-0.3, -0.25) is 0 Å². The van der Waals surface area contributed by atoms with Gasteiger partial charge in [0, 0.05) is 11.1 Å². The van der Waals surface area contributed by atoms with Crippen molar-refractivity contribution in [1.82, 2.24) is 0 Å². The second-order valence-corrected chi connectivity index (χ2v) is 6.22. The van der Waals surface area contributed by atoms with E-state index >= 15 is 0 Å². The average Bonchev–Trinajstić information content (AvgIpc) is 2.76. The Hall–Kier alpha value is -3.58. The smallest absolute Gasteiger partial charge is 0.143 e. The van der Waals surface area contributed by atoms with Crippen LogP contribution in [0.2, 0.25) is 0 Å². The summed E-state index contributed by atoms with van der Waals surface area (Å²) in [6.45, 7) is 0. The molecule has 0 aliphatic carbocycles. The molecule has 4 rings (SSSR count). The highest BCUT2D eigenvalue weighted by Crippen LogP contribution is 2.34. The highest BCUT2D eigenvalue weighted by molar-refractivity contribution is 5.96. The van der Waals surface area contributed by atoms with Gasteiger partial charge in [-0.1, -0.05) is 109 Å². The monoisotopic (exact) mass is 348 g/mol. The zero-order valence-electron chi connectivity index (χ0n) is 15.0. The van der Waals surface area contributed by atoms with Gasteiger partial charge in [0.25, 0.3) is 0 Å². The maximum Gasteiger partial charge on any atom is 0.143 e. The fraction of sp³-hybridized carbons (Fsp3) is 0. The number of rotatable bonds is 5. The first-order valence-corrected chi connectivity index (χ1v) is 9.05. The first kappa shape index (κ1) is 16.9. The molecule has 0 saturated heterocycles. The van der Waals surface area contributed by atoms with Crippen LogP contribution in [0.4, 0.5) is 0 Å². The molecule has 27 heavy (non-hydrogen) atoms. The Labute approximate surface area is 160 Å². The van der Waals surface area contributed by atoms with Crippen LogP contribution in [0, 0.1) is 0 Å². The average molecular weight is 348 g/mol. The summed E-state index contributed by atoms with van der Waals surface area (Å²) in [4.78, 5) is 0. The van der Waals surface area contributed by atoms with Gasteiger partial charge in [0.1, 0.15) is 11.5 Å². The molecule has 1 nitrogen and oxygen atoms in total. The number of para-hydroxylation sites is 1. The molecule has 0 spiro atoms. The van der Waals surface area contributed by atoms with Crippen molar-refractivity contribution in [1.29, 1.82) is 0 Å². The third kappa shape index (κ3) is 3.99. The molecule has 4 aromatic rings. The number of hydrogen-bond donors (Lipinski definition) is 0. The van der Waals surface area contributed by atoms with Crippen molar-refractivity contribution in [3.8, 4) is 5.75 Å². The van der Waals surface area contributed by atoms with Gasteiger partial charge in [-0.25, -0.2) is 0 Å². The lowest BCUT2D eigenvalue weighted by Gasteiger charge is -2.18. The molecule has 130 valence electrons. The summed E-state index contributed by atoms with van der Waals surface area (Å²) in [5.74, 6) is 1.67. The second kappa shape index (κ2) is 8.20. The van der Waals surface area contributed by atoms with E-state index in [1.54, 1.807) is 0 Å². The van der Waals surface area contributed by atoms with Gasteiger partial charge in [0.15, 0.2) is 0 Å². The van der Waals surface area contributed by atoms with Crippen molar-refractivity contribution in [3.05, 3.63) is 138 Å². The van der Waals surface area contributed by atoms with E-state index in [1.807, 2.05) is 60.7 Å². The number of hydrogen-bond acceptors (Lipinski definition) is 1. The maximum absolute atomic E-state index is 6.45. The van der Waals surface area contributed by atoms with Gasteiger partial charge in [-0.05, 0) is 23.3 Å². The van der Waals surface area contributed by atoms with Crippen LogP contribution in [0.1, 0.15) is 16.7 Å². The zero-order valence-corrected chi connectivity index (χ0v) is 15.0. The minimum atomic E-state index is 0.820. The minimum Gasteiger partial charge on any atom is -0.456 e. The van der Waals surface area contributed by atoms with Crippen LogP contribution in [0.25, 0.3) is 11.3 Å². The Morgan fingerprint density at radius 1 is 0.407 bits per heavy atom. The molecule has 1 heteroatoms. The molecular formula is C26H20O. The van der Waals surface area contributed by atoms with Crippen LogP contribution in [0.15, 0.2) is 121 Å². The topological polar surface area (TPSA) is 9.23 Å². The predicted molar refractivity (Wildman–Crippen MR) is 112 cm³/mol. The first-order chi connectivity index (χ1) is 13.4. The Kier molecular flexibility index (Phi) is 5.12. The lowest BCUT2D eigenvalue weighted by Crippen LogP contribution is -2.01. The largest absolute Gasteiger partial charge is 0.456 e. The molecule has 0 heterocycles. The van der Waals surface area contributed by atoms with E-state index in [-0.39, 0.29) is 0 Å². The normalized spacial score (nSPS) is 10.2. The van der Waals surface area contributed by atoms with Crippen molar-refractivity contribution in [2.45, 2.75) is 0 Å². The fourth-order valence-corrected chi connectivity index (χ4v) is 3.09. The second-order valence-electron chi connectivity index (χ2n) is 6.22. The summed E-state index contributed by atoms with van der Waals surface area (Å²) in [6, 6.07) is 41.0. The molecule has 0 atom stereocenters. The van der Waals surface area contributed by atoms with Gasteiger partial charge >= 0.3 is 0 Å². The summed E-state index contributed by atoms with van der Waals surface area (Å²) in [7, 11) is 0. The first-order valence-electron chi connectivity index (χ1n) is 9.05. The van der Waals surface area contributed by atoms with Crippen LogP contribution in [0.3, 0.4) is 0 Å². The zero-order chi connectivity index (χ0) is 18.3. The summed E-state index contributed by atoms with van der Waals surface area (Å²) < 4.78 is 6.45. The minimum absolute atomic E-state index is 0.820. The van der Waals surface area contributed by atoms with Crippen molar-refractivity contribution in [3.63, 3.8) is 0 Å². The van der Waals surface area contributed by atoms with Crippen molar-refractivity contribution < 1.29 is 4.74 Å². The molecule has 0 aromatic heterocycles. The Bertz CT molecular complexity index is 963. The quantitative estimate of drug-likeness (QED) is 0.289. The standard InChI is InChI=1S/C26H20O/c1-5-13-21(14-6-1)25(22-15-7-2-8-16-22)26(23-17-9-3-10-18-23)27-24-19-11-4-12-20-24/h1-20H. The summed E-state index contributed by atoms with van der Waals surface area (Å²) in [5.41, 5.74) is 4.37. The molecule has 0 radical (unpaired) electrons. The van der Waals surface area contributed by atoms with E-state index in [0.29, 0.717) is 0 Å². The molecular weight excluding hydrogens is 328 g/mol. The number of ether oxygens (including phenoxy) is 1. The Morgan fingerprint density at radius 3 is 1.22 bits per heavy atom. The van der Waals surface area contributed by atoms with Gasteiger partial charge in [-0.15, -0.1) is 0 Å². The molecule has 0 bridgehead atoms. The Morgan fingerprint density at radius 2 is 0.778 bits per heavy atom. The van der Waals surface area contributed by atoms with Crippen LogP contribution < -0.4 is 4.74 Å². The predicted octanol–water partition coefficient (Wildman–Crippen LogP) is 6.68. The van der Waals surface area contributed by atoms with Crippen molar-refractivity contribution >= 4 is 11.3 Å². The van der Waals surface area contributed by atoms with Crippen molar-refractivity contribution in [2.24, 2.45) is 0 Å². The van der Waals surface area contributed by atoms with E-state index in [2.05, 4.69) is 60.7 Å². The SMILES string of the molecule is c1ccc(OC(=C(c2ccccc2)c2ccccc2)c2ccccc2)cc1. The molecule has 0 N–H and O–H groups in total. The van der Waals surface area contributed by atoms with E-state index in [9.17, 15) is 0 Å². The van der Waals surface area contributed by atoms with Gasteiger partial charge in [0.2, 0.25) is 0 Å². The third-order valence-electron chi connectivity index (χ3n) is 4.35. The molecule has 0 fully saturated rings. The number of benzene rings is 4. The van der Waals surface area contributed by atoms with Gasteiger partial charge < -0.3 is 4.74 Å². The van der Waals surface area contributed by atoms with E-state index < -0.39 is 0 Å². The molecule has 0 aliphatic rings. The summed E-state index contributed by atoms with van der Waals surface area (Å²) in [6.07, 6.45) is 0. The van der Waals surface area contributed by atoms with Crippen LogP contribution in [-0.4, -0.2) is 0 Å². The molecule has 4 aromatic carbocycles. The molecule has 0 aliphatic heterocycles. The fourth-order valence-electron chi connectivity index (χ4n) is 3.09. The van der Waals surface area contributed by atoms with Crippen LogP contribution in [-0.2, 0) is 0 Å². The Balaban J connectivity index is 1.97.